The Morgan fingerprint density at radius 3 is 2.29 bits per heavy atom. The van der Waals surface area contributed by atoms with Crippen LogP contribution in [-0.2, 0) is 10.0 Å². The Labute approximate surface area is 222 Å². The predicted molar refractivity (Wildman–Crippen MR) is 149 cm³/mol. The van der Waals surface area contributed by atoms with E-state index < -0.39 is 27.5 Å². The molecule has 0 spiro atoms. The first-order valence-electron chi connectivity index (χ1n) is 12.2. The number of nitrogens with zero attached hydrogens (tertiary/aromatic N) is 2. The highest BCUT2D eigenvalue weighted by Crippen LogP contribution is 2.39. The maximum atomic E-state index is 13.3. The van der Waals surface area contributed by atoms with Gasteiger partial charge in [-0.05, 0) is 57.8 Å². The molecule has 0 saturated heterocycles. The molecule has 0 aliphatic rings. The Hall–Kier alpha value is -3.95. The van der Waals surface area contributed by atoms with Crippen molar-refractivity contribution < 1.29 is 17.9 Å². The van der Waals surface area contributed by atoms with E-state index in [2.05, 4.69) is 9.93 Å². The van der Waals surface area contributed by atoms with Gasteiger partial charge in [-0.1, -0.05) is 60.2 Å². The van der Waals surface area contributed by atoms with Crippen LogP contribution in [0.25, 0.3) is 11.0 Å². The van der Waals surface area contributed by atoms with Crippen molar-refractivity contribution in [2.75, 3.05) is 20.6 Å². The highest BCUT2D eigenvalue weighted by molar-refractivity contribution is 7.89. The van der Waals surface area contributed by atoms with Crippen molar-refractivity contribution in [1.29, 1.82) is 0 Å². The maximum absolute atomic E-state index is 13.3. The Kier molecular flexibility index (Phi) is 7.99. The molecule has 4 aromatic rings. The van der Waals surface area contributed by atoms with Crippen LogP contribution in [0.15, 0.2) is 98.1 Å². The van der Waals surface area contributed by atoms with Crippen LogP contribution in [0.4, 0.5) is 0 Å². The lowest BCUT2D eigenvalue weighted by Gasteiger charge is -2.30. The molecule has 0 aliphatic heterocycles. The first-order chi connectivity index (χ1) is 18.1. The molecule has 0 saturated carbocycles. The number of hydrogen-bond donors (Lipinski definition) is 2. The van der Waals surface area contributed by atoms with E-state index in [1.165, 1.54) is 12.1 Å². The van der Waals surface area contributed by atoms with Gasteiger partial charge in [0.1, 0.15) is 11.3 Å². The molecule has 2 unspecified atom stereocenters. The molecule has 2 N–H and O–H groups in total. The summed E-state index contributed by atoms with van der Waals surface area (Å²) in [5, 5.41) is 16.0. The summed E-state index contributed by atoms with van der Waals surface area (Å²) in [7, 11) is -0.162. The van der Waals surface area contributed by atoms with Crippen LogP contribution in [0.3, 0.4) is 0 Å². The Balaban J connectivity index is 1.85. The number of sulfonamides is 1. The fraction of sp³-hybridized carbons (Fsp3) is 0.241. The van der Waals surface area contributed by atoms with E-state index >= 15 is 0 Å². The molecule has 9 heteroatoms. The number of aromatic hydroxyl groups is 1. The van der Waals surface area contributed by atoms with Crippen LogP contribution in [0.2, 0.25) is 0 Å². The highest BCUT2D eigenvalue weighted by atomic mass is 32.2. The van der Waals surface area contributed by atoms with Crippen LogP contribution in [0, 0.1) is 12.8 Å². The van der Waals surface area contributed by atoms with E-state index in [1.807, 2.05) is 56.3 Å². The summed E-state index contributed by atoms with van der Waals surface area (Å²) < 4.78 is 31.5. The summed E-state index contributed by atoms with van der Waals surface area (Å²) in [4.78, 5) is 17.7. The standard InChI is InChI=1S/C29H31N3O5S/c1-19-14-16-22(17-15-19)38(35,36)31-30-20(2)24(18-32(3)4)26(21-10-6-5-7-11-21)27-28(33)23-12-8-9-13-25(23)37-29(27)34/h5-17,24,26,31,33H,18H2,1-4H3/b30-20+. The second-order valence-electron chi connectivity index (χ2n) is 9.57. The van der Waals surface area contributed by atoms with Gasteiger partial charge in [-0.15, -0.1) is 0 Å². The van der Waals surface area contributed by atoms with Gasteiger partial charge in [-0.2, -0.15) is 13.5 Å². The fourth-order valence-electron chi connectivity index (χ4n) is 4.54. The van der Waals surface area contributed by atoms with Crippen LogP contribution in [0.1, 0.15) is 29.5 Å². The molecule has 8 nitrogen and oxygen atoms in total. The molecular weight excluding hydrogens is 502 g/mol. The monoisotopic (exact) mass is 533 g/mol. The molecule has 3 aromatic carbocycles. The average molecular weight is 534 g/mol. The summed E-state index contributed by atoms with van der Waals surface area (Å²) >= 11 is 0. The van der Waals surface area contributed by atoms with Crippen LogP contribution < -0.4 is 10.5 Å². The number of rotatable bonds is 9. The van der Waals surface area contributed by atoms with Crippen molar-refractivity contribution in [2.45, 2.75) is 24.7 Å². The zero-order chi connectivity index (χ0) is 27.4. The first-order valence-corrected chi connectivity index (χ1v) is 13.6. The van der Waals surface area contributed by atoms with Gasteiger partial charge in [0, 0.05) is 24.1 Å². The minimum Gasteiger partial charge on any atom is -0.507 e. The number of hydrazone groups is 1. The molecule has 0 radical (unpaired) electrons. The second-order valence-corrected chi connectivity index (χ2v) is 11.2. The Morgan fingerprint density at radius 2 is 1.63 bits per heavy atom. The van der Waals surface area contributed by atoms with Crippen molar-refractivity contribution in [3.63, 3.8) is 0 Å². The van der Waals surface area contributed by atoms with E-state index in [4.69, 9.17) is 4.42 Å². The summed E-state index contributed by atoms with van der Waals surface area (Å²) in [6, 6.07) is 22.6. The maximum Gasteiger partial charge on any atom is 0.343 e. The first kappa shape index (κ1) is 27.1. The zero-order valence-electron chi connectivity index (χ0n) is 21.8. The van der Waals surface area contributed by atoms with Crippen LogP contribution >= 0.6 is 0 Å². The van der Waals surface area contributed by atoms with Crippen molar-refractivity contribution in [2.24, 2.45) is 11.0 Å². The van der Waals surface area contributed by atoms with Crippen molar-refractivity contribution in [3.05, 3.63) is 106 Å². The zero-order valence-corrected chi connectivity index (χ0v) is 22.6. The van der Waals surface area contributed by atoms with Crippen molar-refractivity contribution in [3.8, 4) is 5.75 Å². The number of benzene rings is 3. The lowest BCUT2D eigenvalue weighted by Crippen LogP contribution is -2.35. The average Bonchev–Trinajstić information content (AvgIpc) is 2.89. The molecule has 198 valence electrons. The lowest BCUT2D eigenvalue weighted by molar-refractivity contribution is 0.346. The summed E-state index contributed by atoms with van der Waals surface area (Å²) in [6.45, 7) is 3.99. The van der Waals surface area contributed by atoms with Gasteiger partial charge in [-0.3, -0.25) is 0 Å². The highest BCUT2D eigenvalue weighted by Gasteiger charge is 2.34. The van der Waals surface area contributed by atoms with Crippen LogP contribution in [0.5, 0.6) is 5.75 Å². The minimum absolute atomic E-state index is 0.0937. The third kappa shape index (κ3) is 5.79. The Morgan fingerprint density at radius 1 is 1.00 bits per heavy atom. The van der Waals surface area contributed by atoms with E-state index in [-0.39, 0.29) is 21.8 Å². The molecule has 0 bridgehead atoms. The molecule has 0 fully saturated rings. The Bertz CT molecular complexity index is 1610. The van der Waals surface area contributed by atoms with Gasteiger partial charge in [0.2, 0.25) is 0 Å². The molecule has 0 aliphatic carbocycles. The van der Waals surface area contributed by atoms with Crippen LogP contribution in [-0.4, -0.2) is 44.8 Å². The molecule has 1 aromatic heterocycles. The normalized spacial score (nSPS) is 14.0. The SMILES string of the molecule is C/C(=N\NS(=O)(=O)c1ccc(C)cc1)C(CN(C)C)C(c1ccccc1)c1c(O)c2ccccc2oc1=O. The number of fused-ring (bicyclic) bond motifs is 1. The third-order valence-corrected chi connectivity index (χ3v) is 7.69. The van der Waals surface area contributed by atoms with Crippen molar-refractivity contribution in [1.82, 2.24) is 9.73 Å². The van der Waals surface area contributed by atoms with E-state index in [0.717, 1.165) is 11.1 Å². The van der Waals surface area contributed by atoms with Gasteiger partial charge in [0.15, 0.2) is 0 Å². The van der Waals surface area contributed by atoms with Gasteiger partial charge in [0.25, 0.3) is 10.0 Å². The fourth-order valence-corrected chi connectivity index (χ4v) is 5.40. The van der Waals surface area contributed by atoms with Gasteiger partial charge in [0.05, 0.1) is 15.8 Å². The summed E-state index contributed by atoms with van der Waals surface area (Å²) in [5.74, 6) is -1.34. The third-order valence-electron chi connectivity index (χ3n) is 6.46. The topological polar surface area (TPSA) is 112 Å². The van der Waals surface area contributed by atoms with E-state index in [9.17, 15) is 18.3 Å². The number of nitrogens with one attached hydrogen (secondary N) is 1. The number of aryl methyl sites for hydroxylation is 1. The summed E-state index contributed by atoms with van der Waals surface area (Å²) in [6.07, 6.45) is 0. The minimum atomic E-state index is -3.91. The second kappa shape index (κ2) is 11.2. The molecule has 1 heterocycles. The predicted octanol–water partition coefficient (Wildman–Crippen LogP) is 4.47. The van der Waals surface area contributed by atoms with Gasteiger partial charge < -0.3 is 14.4 Å². The van der Waals surface area contributed by atoms with E-state index in [0.29, 0.717) is 17.6 Å². The van der Waals surface area contributed by atoms with Gasteiger partial charge >= 0.3 is 5.63 Å². The molecule has 0 amide bonds. The van der Waals surface area contributed by atoms with E-state index in [1.54, 1.807) is 43.3 Å². The number of para-hydroxylation sites is 1. The molecule has 4 rings (SSSR count). The number of hydrogen-bond acceptors (Lipinski definition) is 7. The lowest BCUT2D eigenvalue weighted by atomic mass is 9.78. The molecule has 38 heavy (non-hydrogen) atoms. The molecule has 2 atom stereocenters. The smallest absolute Gasteiger partial charge is 0.343 e. The van der Waals surface area contributed by atoms with Gasteiger partial charge in [-0.25, -0.2) is 9.63 Å². The summed E-state index contributed by atoms with van der Waals surface area (Å²) in [5.41, 5.74) is 1.85. The largest absolute Gasteiger partial charge is 0.507 e. The molecular formula is C29H31N3O5S. The van der Waals surface area contributed by atoms with Crippen molar-refractivity contribution >= 4 is 26.7 Å². The quantitative estimate of drug-likeness (QED) is 0.187.